The number of rotatable bonds is 2. The van der Waals surface area contributed by atoms with E-state index in [1.807, 2.05) is 12.1 Å². The number of thioether (sulfide) groups is 1. The summed E-state index contributed by atoms with van der Waals surface area (Å²) in [5, 5.41) is 20.1. The molecule has 0 saturated heterocycles. The van der Waals surface area contributed by atoms with Gasteiger partial charge in [-0.15, -0.1) is 11.8 Å². The summed E-state index contributed by atoms with van der Waals surface area (Å²) in [4.78, 5) is 19.4. The molecule has 0 spiro atoms. The van der Waals surface area contributed by atoms with E-state index in [0.29, 0.717) is 22.0 Å². The van der Waals surface area contributed by atoms with Gasteiger partial charge in [0.15, 0.2) is 6.04 Å². The van der Waals surface area contributed by atoms with Crippen LogP contribution in [0, 0.1) is 0 Å². The minimum absolute atomic E-state index is 0.109. The lowest BCUT2D eigenvalue weighted by molar-refractivity contribution is -0.137. The summed E-state index contributed by atoms with van der Waals surface area (Å²) in [6.45, 7) is 0. The molecule has 96 valence electrons. The zero-order valence-corrected chi connectivity index (χ0v) is 10.6. The molecule has 0 unspecified atom stereocenters. The number of phenolic OH excluding ortho intramolecular Hbond substituents is 1. The van der Waals surface area contributed by atoms with Gasteiger partial charge < -0.3 is 10.2 Å². The highest BCUT2D eigenvalue weighted by atomic mass is 32.2. The van der Waals surface area contributed by atoms with Gasteiger partial charge in [0.25, 0.3) is 0 Å². The lowest BCUT2D eigenvalue weighted by atomic mass is 10.2. The van der Waals surface area contributed by atoms with Crippen molar-refractivity contribution < 1.29 is 15.0 Å². The Hall–Kier alpha value is -2.08. The highest BCUT2D eigenvalue weighted by Gasteiger charge is 2.25. The van der Waals surface area contributed by atoms with E-state index in [-0.39, 0.29) is 5.75 Å². The average Bonchev–Trinajstić information content (AvgIpc) is 2.89. The first-order valence-corrected chi connectivity index (χ1v) is 6.66. The first kappa shape index (κ1) is 12.0. The number of hydrogen-bond acceptors (Lipinski definition) is 5. The van der Waals surface area contributed by atoms with Gasteiger partial charge in [0.2, 0.25) is 0 Å². The van der Waals surface area contributed by atoms with Gasteiger partial charge in [0.05, 0.1) is 5.69 Å². The number of aliphatic imine (C=N–C) groups is 1. The van der Waals surface area contributed by atoms with Gasteiger partial charge in [-0.1, -0.05) is 18.2 Å². The highest BCUT2D eigenvalue weighted by molar-refractivity contribution is 8.14. The quantitative estimate of drug-likeness (QED) is 0.873. The predicted molar refractivity (Wildman–Crippen MR) is 73.8 cm³/mol. The maximum absolute atomic E-state index is 10.9. The van der Waals surface area contributed by atoms with Crippen LogP contribution < -0.4 is 0 Å². The monoisotopic (exact) mass is 274 g/mol. The van der Waals surface area contributed by atoms with Crippen molar-refractivity contribution in [3.05, 3.63) is 36.0 Å². The number of carboxylic acids is 1. The molecule has 1 aliphatic heterocycles. The molecule has 19 heavy (non-hydrogen) atoms. The number of carboxylic acid groups (broad SMARTS) is 1. The first-order valence-electron chi connectivity index (χ1n) is 5.67. The van der Waals surface area contributed by atoms with Crippen LogP contribution in [0.1, 0.15) is 5.69 Å². The number of nitrogens with zero attached hydrogens (tertiary/aromatic N) is 2. The van der Waals surface area contributed by atoms with Crippen LogP contribution in [0.4, 0.5) is 0 Å². The molecule has 1 aromatic carbocycles. The SMILES string of the molecule is O=C(O)[C@@H]1CSC(c2ccc3cccc(O)c3n2)=N1. The normalized spacial score (nSPS) is 18.5. The van der Waals surface area contributed by atoms with E-state index in [1.54, 1.807) is 18.2 Å². The molecule has 0 fully saturated rings. The predicted octanol–water partition coefficient (Wildman–Crippen LogP) is 1.89. The van der Waals surface area contributed by atoms with E-state index in [9.17, 15) is 9.90 Å². The molecule has 2 heterocycles. The molecule has 1 atom stereocenters. The van der Waals surface area contributed by atoms with E-state index in [2.05, 4.69) is 9.98 Å². The van der Waals surface area contributed by atoms with Gasteiger partial charge in [0, 0.05) is 11.1 Å². The molecule has 0 aliphatic carbocycles. The van der Waals surface area contributed by atoms with Crippen molar-refractivity contribution in [2.24, 2.45) is 4.99 Å². The minimum atomic E-state index is -0.925. The van der Waals surface area contributed by atoms with Gasteiger partial charge in [0.1, 0.15) is 16.3 Å². The summed E-state index contributed by atoms with van der Waals surface area (Å²) in [5.41, 5.74) is 1.10. The van der Waals surface area contributed by atoms with Crippen LogP contribution in [-0.4, -0.2) is 38.0 Å². The molecular weight excluding hydrogens is 264 g/mol. The third kappa shape index (κ3) is 2.15. The molecule has 2 aromatic rings. The zero-order valence-electron chi connectivity index (χ0n) is 9.78. The Balaban J connectivity index is 2.05. The summed E-state index contributed by atoms with van der Waals surface area (Å²) in [7, 11) is 0. The fourth-order valence-electron chi connectivity index (χ4n) is 1.89. The van der Waals surface area contributed by atoms with Gasteiger partial charge >= 0.3 is 5.97 Å². The van der Waals surface area contributed by atoms with Crippen LogP contribution >= 0.6 is 11.8 Å². The maximum Gasteiger partial charge on any atom is 0.329 e. The van der Waals surface area contributed by atoms with E-state index in [0.717, 1.165) is 5.39 Å². The topological polar surface area (TPSA) is 82.8 Å². The Labute approximate surface area is 113 Å². The van der Waals surface area contributed by atoms with Crippen LogP contribution in [-0.2, 0) is 4.79 Å². The van der Waals surface area contributed by atoms with Crippen molar-refractivity contribution in [3.8, 4) is 5.75 Å². The van der Waals surface area contributed by atoms with Gasteiger partial charge in [-0.05, 0) is 12.1 Å². The van der Waals surface area contributed by atoms with Crippen molar-refractivity contribution in [2.75, 3.05) is 5.75 Å². The van der Waals surface area contributed by atoms with Gasteiger partial charge in [-0.3, -0.25) is 4.99 Å². The van der Waals surface area contributed by atoms with Crippen LogP contribution in [0.25, 0.3) is 10.9 Å². The molecule has 5 nitrogen and oxygen atoms in total. The molecule has 0 saturated carbocycles. The molecule has 1 aliphatic rings. The number of pyridine rings is 1. The first-order chi connectivity index (χ1) is 9.15. The number of hydrogen-bond donors (Lipinski definition) is 2. The largest absolute Gasteiger partial charge is 0.506 e. The number of fused-ring (bicyclic) bond motifs is 1. The second kappa shape index (κ2) is 4.55. The smallest absolute Gasteiger partial charge is 0.329 e. The number of para-hydroxylation sites is 1. The molecule has 2 N–H and O–H groups in total. The van der Waals surface area contributed by atoms with Crippen molar-refractivity contribution in [2.45, 2.75) is 6.04 Å². The fourth-order valence-corrected chi connectivity index (χ4v) is 2.89. The van der Waals surface area contributed by atoms with Gasteiger partial charge in [-0.2, -0.15) is 0 Å². The second-order valence-electron chi connectivity index (χ2n) is 4.14. The van der Waals surface area contributed by atoms with Gasteiger partial charge in [-0.25, -0.2) is 9.78 Å². The Bertz CT molecular complexity index is 699. The summed E-state index contributed by atoms with van der Waals surface area (Å²) in [6.07, 6.45) is 0. The molecule has 0 amide bonds. The Kier molecular flexibility index (Phi) is 2.87. The van der Waals surface area contributed by atoms with Crippen LogP contribution in [0.5, 0.6) is 5.75 Å². The van der Waals surface area contributed by atoms with Crippen LogP contribution in [0.15, 0.2) is 35.3 Å². The molecule has 3 rings (SSSR count). The number of aromatic hydroxyl groups is 1. The number of carbonyl (C=O) groups is 1. The lowest BCUT2D eigenvalue weighted by Gasteiger charge is -2.03. The summed E-state index contributed by atoms with van der Waals surface area (Å²) in [5.74, 6) is -0.394. The van der Waals surface area contributed by atoms with E-state index < -0.39 is 12.0 Å². The standard InChI is InChI=1S/C13H10N2O3S/c16-10-3-1-2-7-4-5-8(14-11(7)10)12-15-9(6-19-12)13(17)18/h1-5,9,16H,6H2,(H,17,18)/t9-/m0/s1. The lowest BCUT2D eigenvalue weighted by Crippen LogP contribution is -2.17. The van der Waals surface area contributed by atoms with E-state index in [1.165, 1.54) is 11.8 Å². The Morgan fingerprint density at radius 1 is 1.32 bits per heavy atom. The van der Waals surface area contributed by atoms with Crippen molar-refractivity contribution in [1.82, 2.24) is 4.98 Å². The molecular formula is C13H10N2O3S. The highest BCUT2D eigenvalue weighted by Crippen LogP contribution is 2.27. The third-order valence-electron chi connectivity index (χ3n) is 2.85. The van der Waals surface area contributed by atoms with Crippen LogP contribution in [0.2, 0.25) is 0 Å². The average molecular weight is 274 g/mol. The van der Waals surface area contributed by atoms with E-state index in [4.69, 9.17) is 5.11 Å². The number of phenols is 1. The Morgan fingerprint density at radius 2 is 2.16 bits per heavy atom. The Morgan fingerprint density at radius 3 is 2.89 bits per heavy atom. The number of aliphatic carboxylic acids is 1. The van der Waals surface area contributed by atoms with Crippen molar-refractivity contribution in [3.63, 3.8) is 0 Å². The maximum atomic E-state index is 10.9. The van der Waals surface area contributed by atoms with Crippen LogP contribution in [0.3, 0.4) is 0 Å². The minimum Gasteiger partial charge on any atom is -0.506 e. The fraction of sp³-hybridized carbons (Fsp3) is 0.154. The summed E-state index contributed by atoms with van der Waals surface area (Å²) in [6, 6.07) is 8.10. The summed E-state index contributed by atoms with van der Waals surface area (Å²) >= 11 is 1.37. The number of aromatic nitrogens is 1. The zero-order chi connectivity index (χ0) is 13.4. The summed E-state index contributed by atoms with van der Waals surface area (Å²) < 4.78 is 0. The van der Waals surface area contributed by atoms with Crippen molar-refractivity contribution >= 4 is 33.7 Å². The molecule has 0 radical (unpaired) electrons. The number of benzene rings is 1. The third-order valence-corrected chi connectivity index (χ3v) is 3.92. The molecule has 1 aromatic heterocycles. The molecule has 0 bridgehead atoms. The second-order valence-corrected chi connectivity index (χ2v) is 5.15. The molecule has 6 heteroatoms. The van der Waals surface area contributed by atoms with Crippen molar-refractivity contribution in [1.29, 1.82) is 0 Å². The van der Waals surface area contributed by atoms with E-state index >= 15 is 0 Å².